The lowest BCUT2D eigenvalue weighted by Crippen LogP contribution is -2.30. The smallest absolute Gasteiger partial charge is 0.254 e. The predicted molar refractivity (Wildman–Crippen MR) is 68.4 cm³/mol. The zero-order chi connectivity index (χ0) is 12.5. The molecule has 0 aliphatic heterocycles. The van der Waals surface area contributed by atoms with Crippen LogP contribution in [0.1, 0.15) is 36.5 Å². The van der Waals surface area contributed by atoms with E-state index < -0.39 is 5.82 Å². The molecule has 1 amide bonds. The molecule has 0 heterocycles. The molecule has 0 bridgehead atoms. The van der Waals surface area contributed by atoms with Crippen LogP contribution in [-0.2, 0) is 0 Å². The summed E-state index contributed by atoms with van der Waals surface area (Å²) in [4.78, 5) is 11.8. The van der Waals surface area contributed by atoms with Crippen molar-refractivity contribution >= 4 is 21.8 Å². The van der Waals surface area contributed by atoms with Gasteiger partial charge in [-0.25, -0.2) is 4.39 Å². The van der Waals surface area contributed by atoms with Crippen LogP contribution in [0.5, 0.6) is 0 Å². The molecule has 1 fully saturated rings. The molecule has 1 aliphatic rings. The molecular weight excluding hydrogens is 285 g/mol. The summed E-state index contributed by atoms with van der Waals surface area (Å²) >= 11 is 3.08. The van der Waals surface area contributed by atoms with Crippen molar-refractivity contribution in [2.45, 2.75) is 26.2 Å². The van der Waals surface area contributed by atoms with Crippen molar-refractivity contribution in [1.82, 2.24) is 5.32 Å². The Labute approximate surface area is 109 Å². The van der Waals surface area contributed by atoms with E-state index in [1.807, 2.05) is 0 Å². The second kappa shape index (κ2) is 4.77. The number of carbonyl (C=O) groups excluding carboxylic acids is 1. The summed E-state index contributed by atoms with van der Waals surface area (Å²) in [6, 6.07) is 4.75. The van der Waals surface area contributed by atoms with Crippen LogP contribution in [0.15, 0.2) is 22.7 Å². The van der Waals surface area contributed by atoms with Crippen LogP contribution in [0.3, 0.4) is 0 Å². The molecule has 1 N–H and O–H groups in total. The van der Waals surface area contributed by atoms with Crippen molar-refractivity contribution < 1.29 is 9.18 Å². The Bertz CT molecular complexity index is 443. The Morgan fingerprint density at radius 2 is 2.24 bits per heavy atom. The lowest BCUT2D eigenvalue weighted by atomic mass is 10.0. The monoisotopic (exact) mass is 299 g/mol. The summed E-state index contributed by atoms with van der Waals surface area (Å²) < 4.78 is 14.0. The van der Waals surface area contributed by atoms with E-state index in [0.717, 1.165) is 19.3 Å². The fourth-order valence-electron chi connectivity index (χ4n) is 1.87. The molecule has 1 aromatic carbocycles. The lowest BCUT2D eigenvalue weighted by Gasteiger charge is -2.13. The predicted octanol–water partition coefficient (Wildman–Crippen LogP) is 3.51. The van der Waals surface area contributed by atoms with Crippen LogP contribution in [0.25, 0.3) is 0 Å². The molecule has 0 spiro atoms. The summed E-state index contributed by atoms with van der Waals surface area (Å²) in [5.74, 6) is -0.824. The minimum atomic E-state index is -0.494. The Morgan fingerprint density at radius 3 is 2.82 bits per heavy atom. The van der Waals surface area contributed by atoms with E-state index in [1.165, 1.54) is 6.07 Å². The summed E-state index contributed by atoms with van der Waals surface area (Å²) in [6.07, 6.45) is 3.38. The third-order valence-electron chi connectivity index (χ3n) is 3.53. The van der Waals surface area contributed by atoms with E-state index in [2.05, 4.69) is 28.2 Å². The van der Waals surface area contributed by atoms with Gasteiger partial charge in [0.15, 0.2) is 0 Å². The molecule has 1 aliphatic carbocycles. The standard InChI is InChI=1S/C13H15BrFNO/c1-2-13(6-7-13)8-16-12(17)9-4-3-5-10(14)11(9)15/h3-5H,2,6-8H2,1H3,(H,16,17). The molecule has 92 valence electrons. The summed E-state index contributed by atoms with van der Waals surface area (Å²) in [7, 11) is 0. The zero-order valence-electron chi connectivity index (χ0n) is 9.72. The fourth-order valence-corrected chi connectivity index (χ4v) is 2.24. The molecule has 4 heteroatoms. The van der Waals surface area contributed by atoms with Gasteiger partial charge in [0, 0.05) is 6.54 Å². The lowest BCUT2D eigenvalue weighted by molar-refractivity contribution is 0.0940. The SMILES string of the molecule is CCC1(CNC(=O)c2cccc(Br)c2F)CC1. The Balaban J connectivity index is 2.02. The van der Waals surface area contributed by atoms with Crippen molar-refractivity contribution in [3.8, 4) is 0 Å². The van der Waals surface area contributed by atoms with Gasteiger partial charge in [0.25, 0.3) is 5.91 Å². The first-order valence-electron chi connectivity index (χ1n) is 5.80. The molecule has 0 unspecified atom stereocenters. The first-order valence-corrected chi connectivity index (χ1v) is 6.59. The number of hydrogen-bond acceptors (Lipinski definition) is 1. The maximum absolute atomic E-state index is 13.7. The largest absolute Gasteiger partial charge is 0.351 e. The highest BCUT2D eigenvalue weighted by Gasteiger charge is 2.40. The van der Waals surface area contributed by atoms with Crippen LogP contribution in [0.2, 0.25) is 0 Å². The van der Waals surface area contributed by atoms with E-state index in [4.69, 9.17) is 0 Å². The zero-order valence-corrected chi connectivity index (χ0v) is 11.3. The van der Waals surface area contributed by atoms with Crippen molar-refractivity contribution in [2.24, 2.45) is 5.41 Å². The van der Waals surface area contributed by atoms with Crippen molar-refractivity contribution in [3.63, 3.8) is 0 Å². The van der Waals surface area contributed by atoms with Crippen LogP contribution in [0.4, 0.5) is 4.39 Å². The van der Waals surface area contributed by atoms with Gasteiger partial charge in [0.1, 0.15) is 5.82 Å². The molecule has 2 rings (SSSR count). The van der Waals surface area contributed by atoms with E-state index in [0.29, 0.717) is 11.0 Å². The van der Waals surface area contributed by atoms with E-state index in [1.54, 1.807) is 12.1 Å². The average Bonchev–Trinajstić information content (AvgIpc) is 3.10. The van der Waals surface area contributed by atoms with Crippen LogP contribution >= 0.6 is 15.9 Å². The molecule has 17 heavy (non-hydrogen) atoms. The number of halogens is 2. The normalized spacial score (nSPS) is 16.6. The Morgan fingerprint density at radius 1 is 1.53 bits per heavy atom. The molecule has 1 saturated carbocycles. The van der Waals surface area contributed by atoms with Gasteiger partial charge < -0.3 is 5.32 Å². The maximum atomic E-state index is 13.7. The first kappa shape index (κ1) is 12.6. The van der Waals surface area contributed by atoms with E-state index in [9.17, 15) is 9.18 Å². The van der Waals surface area contributed by atoms with Gasteiger partial charge in [0.05, 0.1) is 10.0 Å². The number of carbonyl (C=O) groups is 1. The molecular formula is C13H15BrFNO. The van der Waals surface area contributed by atoms with Gasteiger partial charge >= 0.3 is 0 Å². The highest BCUT2D eigenvalue weighted by atomic mass is 79.9. The van der Waals surface area contributed by atoms with Crippen molar-refractivity contribution in [3.05, 3.63) is 34.1 Å². The van der Waals surface area contributed by atoms with Crippen molar-refractivity contribution in [2.75, 3.05) is 6.54 Å². The third-order valence-corrected chi connectivity index (χ3v) is 4.14. The summed E-state index contributed by atoms with van der Waals surface area (Å²) in [5.41, 5.74) is 0.379. The number of nitrogens with one attached hydrogen (secondary N) is 1. The third kappa shape index (κ3) is 2.68. The Kier molecular flexibility index (Phi) is 3.52. The van der Waals surface area contributed by atoms with Crippen LogP contribution in [0, 0.1) is 11.2 Å². The minimum Gasteiger partial charge on any atom is -0.351 e. The van der Waals surface area contributed by atoms with Gasteiger partial charge in [-0.2, -0.15) is 0 Å². The van der Waals surface area contributed by atoms with E-state index >= 15 is 0 Å². The highest BCUT2D eigenvalue weighted by Crippen LogP contribution is 2.47. The molecule has 0 aromatic heterocycles. The summed E-state index contributed by atoms with van der Waals surface area (Å²) in [6.45, 7) is 2.77. The van der Waals surface area contributed by atoms with Crippen LogP contribution in [-0.4, -0.2) is 12.5 Å². The highest BCUT2D eigenvalue weighted by molar-refractivity contribution is 9.10. The number of hydrogen-bond donors (Lipinski definition) is 1. The minimum absolute atomic E-state index is 0.103. The molecule has 2 nitrogen and oxygen atoms in total. The maximum Gasteiger partial charge on any atom is 0.254 e. The topological polar surface area (TPSA) is 29.1 Å². The fraction of sp³-hybridized carbons (Fsp3) is 0.462. The average molecular weight is 300 g/mol. The quantitative estimate of drug-likeness (QED) is 0.906. The number of amides is 1. The molecule has 0 saturated heterocycles. The summed E-state index contributed by atoms with van der Waals surface area (Å²) in [5, 5.41) is 2.82. The van der Waals surface area contributed by atoms with Gasteiger partial charge in [0.2, 0.25) is 0 Å². The number of benzene rings is 1. The second-order valence-corrected chi connectivity index (χ2v) is 5.49. The second-order valence-electron chi connectivity index (χ2n) is 4.64. The Hall–Kier alpha value is -0.900. The van der Waals surface area contributed by atoms with Crippen LogP contribution < -0.4 is 5.32 Å². The molecule has 0 radical (unpaired) electrons. The van der Waals surface area contributed by atoms with Gasteiger partial charge in [-0.05, 0) is 52.7 Å². The molecule has 1 aromatic rings. The van der Waals surface area contributed by atoms with E-state index in [-0.39, 0.29) is 16.9 Å². The molecule has 0 atom stereocenters. The van der Waals surface area contributed by atoms with Gasteiger partial charge in [-0.15, -0.1) is 0 Å². The van der Waals surface area contributed by atoms with Gasteiger partial charge in [-0.3, -0.25) is 4.79 Å². The van der Waals surface area contributed by atoms with Crippen molar-refractivity contribution in [1.29, 1.82) is 0 Å². The van der Waals surface area contributed by atoms with Gasteiger partial charge in [-0.1, -0.05) is 13.0 Å². The first-order chi connectivity index (χ1) is 8.08. The number of rotatable bonds is 4.